The first-order valence-electron chi connectivity index (χ1n) is 6.08. The zero-order valence-corrected chi connectivity index (χ0v) is 11.7. The lowest BCUT2D eigenvalue weighted by Crippen LogP contribution is -2.19. The van der Waals surface area contributed by atoms with Gasteiger partial charge in [0, 0.05) is 30.5 Å². The van der Waals surface area contributed by atoms with Gasteiger partial charge in [-0.25, -0.2) is 4.98 Å². The highest BCUT2D eigenvalue weighted by Gasteiger charge is 2.13. The van der Waals surface area contributed by atoms with E-state index >= 15 is 0 Å². The molecule has 0 aliphatic rings. The molecule has 0 saturated heterocycles. The van der Waals surface area contributed by atoms with Crippen molar-refractivity contribution in [2.75, 3.05) is 12.4 Å². The minimum Gasteiger partial charge on any atom is -0.376 e. The molecule has 0 spiro atoms. The van der Waals surface area contributed by atoms with Crippen molar-refractivity contribution < 1.29 is 4.79 Å². The van der Waals surface area contributed by atoms with Gasteiger partial charge in [-0.2, -0.15) is 0 Å². The lowest BCUT2D eigenvalue weighted by molar-refractivity contribution is 0.0958. The van der Waals surface area contributed by atoms with E-state index in [9.17, 15) is 4.79 Å². The molecule has 6 heteroatoms. The predicted molar refractivity (Wildman–Crippen MR) is 76.4 cm³/mol. The predicted octanol–water partition coefficient (Wildman–Crippen LogP) is 2.46. The van der Waals surface area contributed by atoms with Crippen molar-refractivity contribution in [1.82, 2.24) is 15.3 Å². The fraction of sp³-hybridized carbons (Fsp3) is 0.308. The molecule has 0 aliphatic heterocycles. The Morgan fingerprint density at radius 2 is 2.26 bits per heavy atom. The molecule has 0 bridgehead atoms. The van der Waals surface area contributed by atoms with Crippen molar-refractivity contribution in [1.29, 1.82) is 0 Å². The van der Waals surface area contributed by atoms with Crippen LogP contribution in [0.15, 0.2) is 29.9 Å². The third kappa shape index (κ3) is 3.29. The largest absolute Gasteiger partial charge is 0.376 e. The van der Waals surface area contributed by atoms with Gasteiger partial charge in [0.05, 0.1) is 6.04 Å². The maximum absolute atomic E-state index is 11.5. The Bertz CT molecular complexity index is 541. The molecule has 2 rings (SSSR count). The summed E-state index contributed by atoms with van der Waals surface area (Å²) in [7, 11) is 1.59. The van der Waals surface area contributed by atoms with Crippen LogP contribution in [0, 0.1) is 0 Å². The first-order valence-corrected chi connectivity index (χ1v) is 6.96. The van der Waals surface area contributed by atoms with E-state index < -0.39 is 0 Å². The fourth-order valence-electron chi connectivity index (χ4n) is 1.72. The Morgan fingerprint density at radius 1 is 1.42 bits per heavy atom. The average molecular weight is 276 g/mol. The summed E-state index contributed by atoms with van der Waals surface area (Å²) in [5, 5.41) is 8.95. The van der Waals surface area contributed by atoms with Crippen LogP contribution in [0.3, 0.4) is 0 Å². The molecule has 0 aromatic carbocycles. The van der Waals surface area contributed by atoms with Gasteiger partial charge in [-0.05, 0) is 18.6 Å². The van der Waals surface area contributed by atoms with Crippen LogP contribution in [-0.2, 0) is 0 Å². The Balaban J connectivity index is 2.16. The first kappa shape index (κ1) is 13.5. The van der Waals surface area contributed by atoms with Gasteiger partial charge in [0.2, 0.25) is 0 Å². The van der Waals surface area contributed by atoms with Gasteiger partial charge in [0.1, 0.15) is 10.7 Å². The maximum atomic E-state index is 11.5. The van der Waals surface area contributed by atoms with Gasteiger partial charge in [0.15, 0.2) is 0 Å². The number of nitrogens with zero attached hydrogens (tertiary/aromatic N) is 2. The molecule has 0 aliphatic carbocycles. The van der Waals surface area contributed by atoms with Crippen LogP contribution in [0.25, 0.3) is 0 Å². The third-order valence-corrected chi connectivity index (χ3v) is 3.61. The Labute approximate surface area is 116 Å². The zero-order chi connectivity index (χ0) is 13.7. The van der Waals surface area contributed by atoms with Crippen LogP contribution in [0.1, 0.15) is 34.9 Å². The summed E-state index contributed by atoms with van der Waals surface area (Å²) in [6, 6.07) is 3.75. The quantitative estimate of drug-likeness (QED) is 0.880. The van der Waals surface area contributed by atoms with Crippen molar-refractivity contribution >= 4 is 22.9 Å². The number of amides is 1. The van der Waals surface area contributed by atoms with Crippen LogP contribution in [0.2, 0.25) is 0 Å². The smallest absolute Gasteiger partial charge is 0.269 e. The number of carbonyl (C=O) groups is 1. The minimum atomic E-state index is -0.189. The van der Waals surface area contributed by atoms with Gasteiger partial charge in [-0.15, -0.1) is 11.3 Å². The molecule has 2 aromatic heterocycles. The number of hydrogen-bond donors (Lipinski definition) is 2. The molecule has 2 aromatic rings. The van der Waals surface area contributed by atoms with Gasteiger partial charge in [-0.1, -0.05) is 6.92 Å². The summed E-state index contributed by atoms with van der Waals surface area (Å²) < 4.78 is 0. The number of anilines is 1. The van der Waals surface area contributed by atoms with Gasteiger partial charge in [0.25, 0.3) is 5.91 Å². The molecule has 1 atom stereocenters. The second-order valence-corrected chi connectivity index (χ2v) is 4.91. The monoisotopic (exact) mass is 276 g/mol. The number of rotatable bonds is 5. The SMILES string of the molecule is CCC(Nc1ccnc(C(=O)NC)c1)c1nccs1. The van der Waals surface area contributed by atoms with Gasteiger partial charge in [-0.3, -0.25) is 9.78 Å². The summed E-state index contributed by atoms with van der Waals surface area (Å²) >= 11 is 1.62. The van der Waals surface area contributed by atoms with Gasteiger partial charge < -0.3 is 10.6 Å². The van der Waals surface area contributed by atoms with Crippen molar-refractivity contribution in [3.05, 3.63) is 40.6 Å². The molecule has 5 nitrogen and oxygen atoms in total. The maximum Gasteiger partial charge on any atom is 0.269 e. The van der Waals surface area contributed by atoms with E-state index in [1.165, 1.54) is 0 Å². The molecule has 1 amide bonds. The topological polar surface area (TPSA) is 66.9 Å². The van der Waals surface area contributed by atoms with E-state index in [1.54, 1.807) is 36.8 Å². The first-order chi connectivity index (χ1) is 9.24. The molecule has 0 radical (unpaired) electrons. The number of thiazole rings is 1. The number of aromatic nitrogens is 2. The summed E-state index contributed by atoms with van der Waals surface area (Å²) in [5.41, 5.74) is 1.28. The van der Waals surface area contributed by atoms with E-state index in [2.05, 4.69) is 27.5 Å². The third-order valence-electron chi connectivity index (χ3n) is 2.72. The second-order valence-electron chi connectivity index (χ2n) is 3.98. The van der Waals surface area contributed by atoms with E-state index in [1.807, 2.05) is 11.4 Å². The molecule has 100 valence electrons. The van der Waals surface area contributed by atoms with E-state index in [0.29, 0.717) is 5.69 Å². The van der Waals surface area contributed by atoms with E-state index in [0.717, 1.165) is 17.1 Å². The molecular weight excluding hydrogens is 260 g/mol. The molecule has 0 fully saturated rings. The number of carbonyl (C=O) groups excluding carboxylic acids is 1. The summed E-state index contributed by atoms with van der Waals surface area (Å²) in [6.07, 6.45) is 4.35. The molecule has 1 unspecified atom stereocenters. The Morgan fingerprint density at radius 3 is 2.89 bits per heavy atom. The lowest BCUT2D eigenvalue weighted by atomic mass is 10.2. The molecule has 0 saturated carbocycles. The van der Waals surface area contributed by atoms with Gasteiger partial charge >= 0.3 is 0 Å². The molecule has 2 heterocycles. The average Bonchev–Trinajstić information content (AvgIpc) is 2.98. The van der Waals surface area contributed by atoms with Crippen LogP contribution in [0.4, 0.5) is 5.69 Å². The van der Waals surface area contributed by atoms with Crippen molar-refractivity contribution in [3.63, 3.8) is 0 Å². The number of nitrogens with one attached hydrogen (secondary N) is 2. The second kappa shape index (κ2) is 6.29. The summed E-state index contributed by atoms with van der Waals surface area (Å²) in [4.78, 5) is 19.9. The Hall–Kier alpha value is -1.95. The van der Waals surface area contributed by atoms with Crippen LogP contribution in [0.5, 0.6) is 0 Å². The van der Waals surface area contributed by atoms with Crippen molar-refractivity contribution in [2.24, 2.45) is 0 Å². The van der Waals surface area contributed by atoms with E-state index in [-0.39, 0.29) is 11.9 Å². The van der Waals surface area contributed by atoms with Crippen molar-refractivity contribution in [3.8, 4) is 0 Å². The number of pyridine rings is 1. The lowest BCUT2D eigenvalue weighted by Gasteiger charge is -2.16. The fourth-order valence-corrected chi connectivity index (χ4v) is 2.49. The standard InChI is InChI=1S/C13H16N4OS/c1-3-10(13-16-6-7-19-13)17-9-4-5-15-11(8-9)12(18)14-2/h4-8,10H,3H2,1-2H3,(H,14,18)(H,15,17). The highest BCUT2D eigenvalue weighted by Crippen LogP contribution is 2.24. The highest BCUT2D eigenvalue weighted by molar-refractivity contribution is 7.09. The normalized spacial score (nSPS) is 11.9. The molecule has 19 heavy (non-hydrogen) atoms. The Kier molecular flexibility index (Phi) is 4.46. The van der Waals surface area contributed by atoms with Crippen molar-refractivity contribution in [2.45, 2.75) is 19.4 Å². The van der Waals surface area contributed by atoms with Crippen LogP contribution < -0.4 is 10.6 Å². The number of hydrogen-bond acceptors (Lipinski definition) is 5. The summed E-state index contributed by atoms with van der Waals surface area (Å²) in [5.74, 6) is -0.189. The zero-order valence-electron chi connectivity index (χ0n) is 10.9. The molecular formula is C13H16N4OS. The summed E-state index contributed by atoms with van der Waals surface area (Å²) in [6.45, 7) is 2.10. The molecule has 2 N–H and O–H groups in total. The van der Waals surface area contributed by atoms with E-state index in [4.69, 9.17) is 0 Å². The minimum absolute atomic E-state index is 0.153. The highest BCUT2D eigenvalue weighted by atomic mass is 32.1. The van der Waals surface area contributed by atoms with Crippen LogP contribution in [-0.4, -0.2) is 22.9 Å². The van der Waals surface area contributed by atoms with Crippen LogP contribution >= 0.6 is 11.3 Å².